The van der Waals surface area contributed by atoms with Crippen molar-refractivity contribution in [3.05, 3.63) is 52.2 Å². The molecule has 0 aliphatic rings. The molecule has 0 saturated carbocycles. The van der Waals surface area contributed by atoms with Crippen molar-refractivity contribution in [3.8, 4) is 0 Å². The molecule has 0 aromatic carbocycles. The van der Waals surface area contributed by atoms with Crippen LogP contribution in [-0.4, -0.2) is 39.0 Å². The van der Waals surface area contributed by atoms with Gasteiger partial charge in [-0.2, -0.15) is 5.10 Å². The molecular weight excluding hydrogens is 284 g/mol. The lowest BCUT2D eigenvalue weighted by molar-refractivity contribution is 0.0798. The summed E-state index contributed by atoms with van der Waals surface area (Å²) in [6.07, 6.45) is 4.30. The quantitative estimate of drug-likeness (QED) is 0.743. The molecule has 21 heavy (non-hydrogen) atoms. The molecule has 3 aromatic heterocycles. The number of hydrogen-bond donors (Lipinski definition) is 0. The minimum absolute atomic E-state index is 0.00151. The molecule has 0 unspecified atom stereocenters. The van der Waals surface area contributed by atoms with Crippen LogP contribution in [-0.2, 0) is 6.42 Å². The van der Waals surface area contributed by atoms with E-state index in [2.05, 4.69) is 10.1 Å². The van der Waals surface area contributed by atoms with Gasteiger partial charge in [-0.25, -0.2) is 9.50 Å². The molecule has 0 N–H and O–H groups in total. The Bertz CT molecular complexity index is 777. The van der Waals surface area contributed by atoms with E-state index in [1.807, 2.05) is 43.9 Å². The van der Waals surface area contributed by atoms with Crippen molar-refractivity contribution in [1.29, 1.82) is 0 Å². The molecule has 0 aliphatic heterocycles. The second-order valence-electron chi connectivity index (χ2n) is 4.93. The molecule has 5 nitrogen and oxygen atoms in total. The summed E-state index contributed by atoms with van der Waals surface area (Å²) in [5.41, 5.74) is 4.37. The molecule has 3 rings (SSSR count). The molecule has 108 valence electrons. The Morgan fingerprint density at radius 2 is 2.29 bits per heavy atom. The number of hydrogen-bond acceptors (Lipinski definition) is 4. The minimum atomic E-state index is -0.00151. The van der Waals surface area contributed by atoms with Gasteiger partial charge in [-0.15, -0.1) is 11.3 Å². The van der Waals surface area contributed by atoms with Crippen LogP contribution >= 0.6 is 11.3 Å². The number of carbonyl (C=O) groups is 1. The summed E-state index contributed by atoms with van der Waals surface area (Å²) >= 11 is 1.64. The number of aromatic nitrogens is 3. The van der Waals surface area contributed by atoms with Gasteiger partial charge in [-0.05, 0) is 19.1 Å². The second kappa shape index (κ2) is 5.65. The van der Waals surface area contributed by atoms with Crippen LogP contribution < -0.4 is 0 Å². The maximum Gasteiger partial charge on any atom is 0.257 e. The van der Waals surface area contributed by atoms with E-state index in [0.717, 1.165) is 17.6 Å². The van der Waals surface area contributed by atoms with Crippen LogP contribution in [0.2, 0.25) is 0 Å². The van der Waals surface area contributed by atoms with Crippen molar-refractivity contribution in [3.63, 3.8) is 0 Å². The molecule has 0 bridgehead atoms. The zero-order chi connectivity index (χ0) is 14.8. The van der Waals surface area contributed by atoms with Gasteiger partial charge in [-0.3, -0.25) is 4.79 Å². The van der Waals surface area contributed by atoms with E-state index in [9.17, 15) is 4.79 Å². The standard InChI is InChI=1S/C15H16N4OS/c1-11-14(21-10-16-11)6-8-18(2)15(20)12-9-17-19-7-4-3-5-13(12)19/h3-5,7,9-10H,6,8H2,1-2H3. The van der Waals surface area contributed by atoms with Crippen LogP contribution in [0.15, 0.2) is 36.1 Å². The van der Waals surface area contributed by atoms with Crippen LogP contribution in [0.25, 0.3) is 5.52 Å². The van der Waals surface area contributed by atoms with E-state index in [1.165, 1.54) is 4.88 Å². The van der Waals surface area contributed by atoms with E-state index in [0.29, 0.717) is 12.1 Å². The Hall–Kier alpha value is -2.21. The summed E-state index contributed by atoms with van der Waals surface area (Å²) in [7, 11) is 1.82. The highest BCUT2D eigenvalue weighted by Gasteiger charge is 2.17. The smallest absolute Gasteiger partial charge is 0.257 e. The van der Waals surface area contributed by atoms with Crippen molar-refractivity contribution in [2.45, 2.75) is 13.3 Å². The van der Waals surface area contributed by atoms with E-state index >= 15 is 0 Å². The summed E-state index contributed by atoms with van der Waals surface area (Å²) in [4.78, 5) is 19.7. The number of carbonyl (C=O) groups excluding carboxylic acids is 1. The number of rotatable bonds is 4. The molecule has 0 saturated heterocycles. The Labute approximate surface area is 126 Å². The topological polar surface area (TPSA) is 50.5 Å². The van der Waals surface area contributed by atoms with Gasteiger partial charge in [0.1, 0.15) is 0 Å². The summed E-state index contributed by atoms with van der Waals surface area (Å²) < 4.78 is 1.72. The normalized spacial score (nSPS) is 11.0. The van der Waals surface area contributed by atoms with E-state index in [1.54, 1.807) is 26.9 Å². The third-order valence-electron chi connectivity index (χ3n) is 3.52. The highest BCUT2D eigenvalue weighted by Crippen LogP contribution is 2.15. The molecule has 0 fully saturated rings. The Balaban J connectivity index is 1.74. The highest BCUT2D eigenvalue weighted by molar-refractivity contribution is 7.09. The zero-order valence-electron chi connectivity index (χ0n) is 12.0. The average Bonchev–Trinajstić information content (AvgIpc) is 3.10. The largest absolute Gasteiger partial charge is 0.341 e. The number of thiazole rings is 1. The Kier molecular flexibility index (Phi) is 3.70. The first kappa shape index (κ1) is 13.8. The van der Waals surface area contributed by atoms with Gasteiger partial charge < -0.3 is 4.90 Å². The van der Waals surface area contributed by atoms with Gasteiger partial charge in [0.15, 0.2) is 0 Å². The van der Waals surface area contributed by atoms with Gasteiger partial charge in [0.2, 0.25) is 0 Å². The number of nitrogens with zero attached hydrogens (tertiary/aromatic N) is 4. The fourth-order valence-electron chi connectivity index (χ4n) is 2.24. The van der Waals surface area contributed by atoms with E-state index < -0.39 is 0 Å². The number of amides is 1. The molecule has 3 heterocycles. The van der Waals surface area contributed by atoms with Crippen LogP contribution in [0.1, 0.15) is 20.9 Å². The fraction of sp³-hybridized carbons (Fsp3) is 0.267. The average molecular weight is 300 g/mol. The Morgan fingerprint density at radius 1 is 1.43 bits per heavy atom. The molecule has 6 heteroatoms. The third-order valence-corrected chi connectivity index (χ3v) is 4.52. The van der Waals surface area contributed by atoms with Crippen molar-refractivity contribution in [2.75, 3.05) is 13.6 Å². The van der Waals surface area contributed by atoms with Crippen LogP contribution in [0.3, 0.4) is 0 Å². The Morgan fingerprint density at radius 3 is 3.05 bits per heavy atom. The molecule has 3 aromatic rings. The number of pyridine rings is 1. The number of aryl methyl sites for hydroxylation is 1. The predicted octanol–water partition coefficient (Wildman–Crippen LogP) is 2.41. The van der Waals surface area contributed by atoms with Crippen molar-refractivity contribution in [1.82, 2.24) is 19.5 Å². The SMILES string of the molecule is Cc1ncsc1CCN(C)C(=O)c1cnn2ccccc12. The monoisotopic (exact) mass is 300 g/mol. The number of likely N-dealkylation sites (N-methyl/N-ethyl adjacent to an activating group) is 1. The fourth-order valence-corrected chi connectivity index (χ4v) is 3.01. The molecular formula is C15H16N4OS. The van der Waals surface area contributed by atoms with Crippen LogP contribution in [0.4, 0.5) is 0 Å². The summed E-state index contributed by atoms with van der Waals surface area (Å²) in [6, 6.07) is 5.71. The summed E-state index contributed by atoms with van der Waals surface area (Å²) in [5.74, 6) is -0.00151. The molecule has 1 amide bonds. The van der Waals surface area contributed by atoms with E-state index in [-0.39, 0.29) is 5.91 Å². The molecule has 0 atom stereocenters. The third kappa shape index (κ3) is 2.67. The molecule has 0 aliphatic carbocycles. The lowest BCUT2D eigenvalue weighted by Gasteiger charge is -2.16. The summed E-state index contributed by atoms with van der Waals surface area (Å²) in [5, 5.41) is 4.21. The van der Waals surface area contributed by atoms with Gasteiger partial charge in [-0.1, -0.05) is 6.07 Å². The van der Waals surface area contributed by atoms with Gasteiger partial charge in [0, 0.05) is 31.1 Å². The highest BCUT2D eigenvalue weighted by atomic mass is 32.1. The lowest BCUT2D eigenvalue weighted by Crippen LogP contribution is -2.28. The predicted molar refractivity (Wildman–Crippen MR) is 82.7 cm³/mol. The zero-order valence-corrected chi connectivity index (χ0v) is 12.8. The van der Waals surface area contributed by atoms with Crippen LogP contribution in [0, 0.1) is 6.92 Å². The van der Waals surface area contributed by atoms with Gasteiger partial charge >= 0.3 is 0 Å². The molecule has 0 spiro atoms. The molecule has 0 radical (unpaired) electrons. The van der Waals surface area contributed by atoms with Crippen molar-refractivity contribution in [2.24, 2.45) is 0 Å². The maximum absolute atomic E-state index is 12.5. The maximum atomic E-state index is 12.5. The van der Waals surface area contributed by atoms with Crippen molar-refractivity contribution < 1.29 is 4.79 Å². The number of fused-ring (bicyclic) bond motifs is 1. The second-order valence-corrected chi connectivity index (χ2v) is 5.87. The lowest BCUT2D eigenvalue weighted by atomic mass is 10.2. The van der Waals surface area contributed by atoms with E-state index in [4.69, 9.17) is 0 Å². The minimum Gasteiger partial charge on any atom is -0.341 e. The first-order valence-electron chi connectivity index (χ1n) is 6.73. The van der Waals surface area contributed by atoms with Gasteiger partial charge in [0.05, 0.1) is 28.5 Å². The first-order chi connectivity index (χ1) is 10.2. The first-order valence-corrected chi connectivity index (χ1v) is 7.61. The summed E-state index contributed by atoms with van der Waals surface area (Å²) in [6.45, 7) is 2.67. The van der Waals surface area contributed by atoms with Crippen LogP contribution in [0.5, 0.6) is 0 Å². The van der Waals surface area contributed by atoms with Gasteiger partial charge in [0.25, 0.3) is 5.91 Å². The van der Waals surface area contributed by atoms with Crippen molar-refractivity contribution >= 4 is 22.8 Å².